The normalized spacial score (nSPS) is 11.3. The zero-order valence-electron chi connectivity index (χ0n) is 11.1. The largest absolute Gasteiger partial charge is 0.478 e. The summed E-state index contributed by atoms with van der Waals surface area (Å²) in [7, 11) is 0. The van der Waals surface area contributed by atoms with Crippen molar-refractivity contribution in [1.82, 2.24) is 29.8 Å². The number of aromatic nitrogens is 6. The van der Waals surface area contributed by atoms with Crippen molar-refractivity contribution in [2.45, 2.75) is 0 Å². The molecule has 0 radical (unpaired) electrons. The number of hydrogen-bond acceptors (Lipinski definition) is 6. The Hall–Kier alpha value is -3.49. The fourth-order valence-electron chi connectivity index (χ4n) is 2.30. The van der Waals surface area contributed by atoms with Crippen molar-refractivity contribution in [3.05, 3.63) is 36.3 Å². The van der Waals surface area contributed by atoms with Crippen molar-refractivity contribution in [1.29, 1.82) is 0 Å². The molecule has 4 rings (SSSR count). The Morgan fingerprint density at radius 1 is 1.36 bits per heavy atom. The van der Waals surface area contributed by atoms with Crippen LogP contribution in [0.1, 0.15) is 10.4 Å². The zero-order chi connectivity index (χ0) is 15.3. The van der Waals surface area contributed by atoms with Gasteiger partial charge in [0.15, 0.2) is 11.5 Å². The highest BCUT2D eigenvalue weighted by molar-refractivity contribution is 5.97. The smallest absolute Gasteiger partial charge is 0.337 e. The molecule has 0 amide bonds. The third kappa shape index (κ3) is 1.62. The van der Waals surface area contributed by atoms with E-state index in [2.05, 4.69) is 25.1 Å². The van der Waals surface area contributed by atoms with E-state index >= 15 is 0 Å². The lowest BCUT2D eigenvalue weighted by Crippen LogP contribution is -2.10. The Balaban J connectivity index is 2.01. The average molecular weight is 295 g/mol. The fourth-order valence-corrected chi connectivity index (χ4v) is 2.30. The fraction of sp³-hybridized carbons (Fsp3) is 0. The van der Waals surface area contributed by atoms with Crippen molar-refractivity contribution in [2.75, 3.05) is 5.84 Å². The van der Waals surface area contributed by atoms with E-state index in [1.807, 2.05) is 0 Å². The summed E-state index contributed by atoms with van der Waals surface area (Å²) in [5.74, 6) is 5.38. The Kier molecular flexibility index (Phi) is 2.37. The third-order valence-corrected chi connectivity index (χ3v) is 3.37. The Bertz CT molecular complexity index is 1030. The molecule has 0 aromatic carbocycles. The van der Waals surface area contributed by atoms with Crippen LogP contribution in [0.2, 0.25) is 0 Å². The van der Waals surface area contributed by atoms with Gasteiger partial charge in [-0.05, 0) is 12.1 Å². The molecule has 0 aliphatic heterocycles. The first-order valence-corrected chi connectivity index (χ1v) is 6.30. The van der Waals surface area contributed by atoms with Gasteiger partial charge in [0.1, 0.15) is 11.2 Å². The Labute approximate surface area is 122 Å². The highest BCUT2D eigenvalue weighted by atomic mass is 16.4. The van der Waals surface area contributed by atoms with Gasteiger partial charge in [-0.25, -0.2) is 19.4 Å². The topological polar surface area (TPSA) is 136 Å². The van der Waals surface area contributed by atoms with Crippen LogP contribution in [-0.2, 0) is 0 Å². The molecule has 0 aliphatic carbocycles. The number of rotatable bonds is 2. The molecule has 0 spiro atoms. The first kappa shape index (κ1) is 12.3. The number of carbonyl (C=O) groups is 1. The van der Waals surface area contributed by atoms with E-state index < -0.39 is 5.97 Å². The highest BCUT2D eigenvalue weighted by Crippen LogP contribution is 2.26. The molecule has 9 heteroatoms. The number of pyridine rings is 2. The number of aromatic amines is 1. The van der Waals surface area contributed by atoms with Gasteiger partial charge in [0.05, 0.1) is 22.7 Å². The van der Waals surface area contributed by atoms with Gasteiger partial charge < -0.3 is 10.9 Å². The number of hydrogen-bond donors (Lipinski definition) is 3. The van der Waals surface area contributed by atoms with Crippen LogP contribution < -0.4 is 5.84 Å². The van der Waals surface area contributed by atoms with Crippen molar-refractivity contribution < 1.29 is 9.90 Å². The Morgan fingerprint density at radius 2 is 2.23 bits per heavy atom. The molecule has 9 nitrogen and oxygen atoms in total. The van der Waals surface area contributed by atoms with Crippen LogP contribution in [0.5, 0.6) is 0 Å². The molecular formula is C13H9N7O2. The van der Waals surface area contributed by atoms with Crippen molar-refractivity contribution in [2.24, 2.45) is 0 Å². The molecule has 0 saturated carbocycles. The van der Waals surface area contributed by atoms with Gasteiger partial charge in [0.25, 0.3) is 0 Å². The van der Waals surface area contributed by atoms with Crippen LogP contribution in [0, 0.1) is 0 Å². The van der Waals surface area contributed by atoms with Gasteiger partial charge in [-0.15, -0.1) is 0 Å². The third-order valence-electron chi connectivity index (χ3n) is 3.37. The maximum atomic E-state index is 11.1. The van der Waals surface area contributed by atoms with E-state index in [-0.39, 0.29) is 5.56 Å². The summed E-state index contributed by atoms with van der Waals surface area (Å²) in [5, 5.41) is 16.5. The second kappa shape index (κ2) is 4.25. The molecule has 0 saturated heterocycles. The number of carboxylic acid groups (broad SMARTS) is 1. The number of nitrogens with zero attached hydrogens (tertiary/aromatic N) is 5. The average Bonchev–Trinajstić information content (AvgIpc) is 3.08. The molecule has 0 unspecified atom stereocenters. The van der Waals surface area contributed by atoms with Crippen LogP contribution in [0.15, 0.2) is 30.7 Å². The standard InChI is InChI=1S/C13H9N7O2/c14-20-9-5-15-2-1-8(9)17-12(20)10-7-3-6(13(21)22)4-16-11(7)19-18-10/h1-5H,14H2,(H,21,22)(H,16,18,19). The molecule has 22 heavy (non-hydrogen) atoms. The number of fused-ring (bicyclic) bond motifs is 2. The summed E-state index contributed by atoms with van der Waals surface area (Å²) in [6.45, 7) is 0. The summed E-state index contributed by atoms with van der Waals surface area (Å²) in [6, 6.07) is 3.22. The molecule has 0 fully saturated rings. The van der Waals surface area contributed by atoms with Crippen molar-refractivity contribution in [3.8, 4) is 11.5 Å². The summed E-state index contributed by atoms with van der Waals surface area (Å²) in [5.41, 5.74) is 2.29. The van der Waals surface area contributed by atoms with Crippen LogP contribution in [0.25, 0.3) is 33.6 Å². The van der Waals surface area contributed by atoms with Gasteiger partial charge in [-0.3, -0.25) is 10.1 Å². The molecule has 4 heterocycles. The van der Waals surface area contributed by atoms with Crippen molar-refractivity contribution >= 4 is 28.0 Å². The van der Waals surface area contributed by atoms with E-state index in [0.29, 0.717) is 33.6 Å². The lowest BCUT2D eigenvalue weighted by atomic mass is 10.2. The summed E-state index contributed by atoms with van der Waals surface area (Å²) in [4.78, 5) is 23.6. The van der Waals surface area contributed by atoms with Crippen LogP contribution >= 0.6 is 0 Å². The number of carboxylic acids is 1. The number of nitrogens with one attached hydrogen (secondary N) is 1. The zero-order valence-corrected chi connectivity index (χ0v) is 11.1. The predicted molar refractivity (Wildman–Crippen MR) is 77.5 cm³/mol. The minimum Gasteiger partial charge on any atom is -0.478 e. The molecule has 0 bridgehead atoms. The number of imidazole rings is 1. The second-order valence-corrected chi connectivity index (χ2v) is 4.67. The molecule has 4 N–H and O–H groups in total. The molecular weight excluding hydrogens is 286 g/mol. The minimum absolute atomic E-state index is 0.0662. The van der Waals surface area contributed by atoms with Crippen molar-refractivity contribution in [3.63, 3.8) is 0 Å². The predicted octanol–water partition coefficient (Wildman–Crippen LogP) is 0.782. The van der Waals surface area contributed by atoms with Gasteiger partial charge in [-0.2, -0.15) is 5.10 Å². The first-order chi connectivity index (χ1) is 10.6. The summed E-state index contributed by atoms with van der Waals surface area (Å²) >= 11 is 0. The Morgan fingerprint density at radius 3 is 3.00 bits per heavy atom. The van der Waals surface area contributed by atoms with E-state index in [1.54, 1.807) is 18.5 Å². The minimum atomic E-state index is -1.06. The van der Waals surface area contributed by atoms with E-state index in [4.69, 9.17) is 10.9 Å². The van der Waals surface area contributed by atoms with E-state index in [1.165, 1.54) is 16.9 Å². The van der Waals surface area contributed by atoms with Crippen LogP contribution in [0.4, 0.5) is 0 Å². The lowest BCUT2D eigenvalue weighted by Gasteiger charge is -1.99. The molecule has 4 aromatic heterocycles. The van der Waals surface area contributed by atoms with Gasteiger partial charge in [-0.1, -0.05) is 0 Å². The molecule has 4 aromatic rings. The molecule has 108 valence electrons. The van der Waals surface area contributed by atoms with Gasteiger partial charge in [0.2, 0.25) is 0 Å². The lowest BCUT2D eigenvalue weighted by molar-refractivity contribution is 0.0696. The second-order valence-electron chi connectivity index (χ2n) is 4.67. The first-order valence-electron chi connectivity index (χ1n) is 6.30. The van der Waals surface area contributed by atoms with Gasteiger partial charge >= 0.3 is 5.97 Å². The highest BCUT2D eigenvalue weighted by Gasteiger charge is 2.18. The number of nitrogens with two attached hydrogens (primary N) is 1. The summed E-state index contributed by atoms with van der Waals surface area (Å²) < 4.78 is 1.37. The SMILES string of the molecule is Nn1c(-c2n[nH]c3ncc(C(=O)O)cc23)nc2ccncc21. The monoisotopic (exact) mass is 295 g/mol. The quantitative estimate of drug-likeness (QED) is 0.465. The molecule has 0 atom stereocenters. The van der Waals surface area contributed by atoms with Crippen LogP contribution in [0.3, 0.4) is 0 Å². The maximum absolute atomic E-state index is 11.1. The van der Waals surface area contributed by atoms with Gasteiger partial charge in [0, 0.05) is 12.4 Å². The van der Waals surface area contributed by atoms with E-state index in [9.17, 15) is 4.79 Å². The summed E-state index contributed by atoms with van der Waals surface area (Å²) in [6.07, 6.45) is 4.48. The number of H-pyrrole nitrogens is 1. The number of aromatic carboxylic acids is 1. The van der Waals surface area contributed by atoms with E-state index in [0.717, 1.165) is 0 Å². The molecule has 0 aliphatic rings. The van der Waals surface area contributed by atoms with Crippen LogP contribution in [-0.4, -0.2) is 40.9 Å². The number of nitrogen functional groups attached to an aromatic ring is 1. The maximum Gasteiger partial charge on any atom is 0.337 e.